The zero-order valence-electron chi connectivity index (χ0n) is 20.4. The summed E-state index contributed by atoms with van der Waals surface area (Å²) in [7, 11) is 0. The number of halogens is 3. The number of alkyl halides is 3. The predicted molar refractivity (Wildman–Crippen MR) is 139 cm³/mol. The van der Waals surface area contributed by atoms with Crippen LogP contribution in [0.2, 0.25) is 0 Å². The van der Waals surface area contributed by atoms with E-state index in [4.69, 9.17) is 0 Å². The summed E-state index contributed by atoms with van der Waals surface area (Å²) in [5, 5.41) is 1.50. The summed E-state index contributed by atoms with van der Waals surface area (Å²) in [5.41, 5.74) is 3.11. The number of Topliss-reactive ketones (excluding diaryl/α,β-unsaturated/α-hetero) is 1. The van der Waals surface area contributed by atoms with Gasteiger partial charge in [-0.15, -0.1) is 0 Å². The Morgan fingerprint density at radius 1 is 0.784 bits per heavy atom. The van der Waals surface area contributed by atoms with Gasteiger partial charge in [0.15, 0.2) is 11.6 Å². The zero-order valence-corrected chi connectivity index (χ0v) is 20.4. The van der Waals surface area contributed by atoms with Gasteiger partial charge < -0.3 is 4.57 Å². The SMILES string of the molecule is CCn1c2ccc(C(=O)Cc3ccccc3C)cc2c2cc(C(=O)c3ccccc3C(F)(F)F)ccc21. The molecule has 0 amide bonds. The maximum atomic E-state index is 13.5. The minimum absolute atomic E-state index is 0.0278. The second kappa shape index (κ2) is 9.36. The van der Waals surface area contributed by atoms with Crippen molar-refractivity contribution < 1.29 is 22.8 Å². The van der Waals surface area contributed by atoms with E-state index in [0.29, 0.717) is 12.1 Å². The van der Waals surface area contributed by atoms with E-state index < -0.39 is 17.5 Å². The number of carbonyl (C=O) groups is 2. The lowest BCUT2D eigenvalue weighted by atomic mass is 9.96. The fourth-order valence-electron chi connectivity index (χ4n) is 4.93. The predicted octanol–water partition coefficient (Wildman–Crippen LogP) is 7.80. The average Bonchev–Trinajstić information content (AvgIpc) is 3.21. The molecule has 6 heteroatoms. The van der Waals surface area contributed by atoms with Crippen molar-refractivity contribution in [3.8, 4) is 0 Å². The summed E-state index contributed by atoms with van der Waals surface area (Å²) < 4.78 is 42.7. The third-order valence-electron chi connectivity index (χ3n) is 6.85. The van der Waals surface area contributed by atoms with Gasteiger partial charge in [-0.3, -0.25) is 9.59 Å². The van der Waals surface area contributed by atoms with Crippen LogP contribution in [0.4, 0.5) is 13.2 Å². The van der Waals surface area contributed by atoms with Gasteiger partial charge in [-0.2, -0.15) is 13.2 Å². The van der Waals surface area contributed by atoms with Gasteiger partial charge in [-0.05, 0) is 67.4 Å². The van der Waals surface area contributed by atoms with Crippen LogP contribution in [-0.2, 0) is 19.1 Å². The van der Waals surface area contributed by atoms with Crippen molar-refractivity contribution in [3.05, 3.63) is 118 Å². The van der Waals surface area contributed by atoms with Crippen molar-refractivity contribution in [3.63, 3.8) is 0 Å². The van der Waals surface area contributed by atoms with E-state index in [-0.39, 0.29) is 23.3 Å². The van der Waals surface area contributed by atoms with Crippen LogP contribution in [-0.4, -0.2) is 16.1 Å². The molecule has 1 heterocycles. The molecule has 1 aromatic heterocycles. The number of hydrogen-bond donors (Lipinski definition) is 0. The normalized spacial score (nSPS) is 11.8. The van der Waals surface area contributed by atoms with Gasteiger partial charge in [0, 0.05) is 51.5 Å². The van der Waals surface area contributed by atoms with Crippen LogP contribution in [0.15, 0.2) is 84.9 Å². The number of hydrogen-bond acceptors (Lipinski definition) is 2. The van der Waals surface area contributed by atoms with E-state index >= 15 is 0 Å². The molecule has 0 atom stereocenters. The fraction of sp³-hybridized carbons (Fsp3) is 0.161. The summed E-state index contributed by atoms with van der Waals surface area (Å²) >= 11 is 0. The van der Waals surface area contributed by atoms with Crippen LogP contribution < -0.4 is 0 Å². The number of aromatic nitrogens is 1. The monoisotopic (exact) mass is 499 g/mol. The first-order chi connectivity index (χ1) is 17.7. The van der Waals surface area contributed by atoms with Crippen molar-refractivity contribution in [1.29, 1.82) is 0 Å². The summed E-state index contributed by atoms with van der Waals surface area (Å²) in [6, 6.07) is 23.0. The largest absolute Gasteiger partial charge is 0.417 e. The minimum Gasteiger partial charge on any atom is -0.341 e. The Kier molecular flexibility index (Phi) is 6.20. The Morgan fingerprint density at radius 2 is 1.38 bits per heavy atom. The van der Waals surface area contributed by atoms with E-state index in [1.165, 1.54) is 18.2 Å². The molecule has 37 heavy (non-hydrogen) atoms. The van der Waals surface area contributed by atoms with Gasteiger partial charge in [-0.1, -0.05) is 42.5 Å². The Balaban J connectivity index is 1.61. The fourth-order valence-corrected chi connectivity index (χ4v) is 4.93. The molecule has 4 aromatic carbocycles. The second-order valence-electron chi connectivity index (χ2n) is 9.11. The number of aryl methyl sites for hydroxylation is 2. The van der Waals surface area contributed by atoms with Gasteiger partial charge in [-0.25, -0.2) is 0 Å². The Morgan fingerprint density at radius 3 is 2.03 bits per heavy atom. The number of carbonyl (C=O) groups excluding carboxylic acids is 2. The lowest BCUT2D eigenvalue weighted by Gasteiger charge is -2.12. The lowest BCUT2D eigenvalue weighted by Crippen LogP contribution is -2.13. The topological polar surface area (TPSA) is 39.1 Å². The summed E-state index contributed by atoms with van der Waals surface area (Å²) in [4.78, 5) is 26.4. The van der Waals surface area contributed by atoms with Crippen LogP contribution >= 0.6 is 0 Å². The molecule has 0 aliphatic carbocycles. The van der Waals surface area contributed by atoms with Crippen molar-refractivity contribution in [2.75, 3.05) is 0 Å². The van der Waals surface area contributed by atoms with E-state index in [0.717, 1.165) is 39.0 Å². The molecule has 0 unspecified atom stereocenters. The van der Waals surface area contributed by atoms with Crippen molar-refractivity contribution in [2.45, 2.75) is 33.0 Å². The first-order valence-electron chi connectivity index (χ1n) is 12.0. The molecular weight excluding hydrogens is 475 g/mol. The average molecular weight is 500 g/mol. The van der Waals surface area contributed by atoms with Crippen LogP contribution in [0.25, 0.3) is 21.8 Å². The van der Waals surface area contributed by atoms with Crippen LogP contribution in [0.3, 0.4) is 0 Å². The number of benzene rings is 4. The lowest BCUT2D eigenvalue weighted by molar-refractivity contribution is -0.137. The van der Waals surface area contributed by atoms with Gasteiger partial charge in [0.05, 0.1) is 5.56 Å². The molecule has 0 aliphatic heterocycles. The van der Waals surface area contributed by atoms with Crippen molar-refractivity contribution in [2.24, 2.45) is 0 Å². The molecule has 0 saturated heterocycles. The molecule has 0 fully saturated rings. The maximum Gasteiger partial charge on any atom is 0.417 e. The highest BCUT2D eigenvalue weighted by molar-refractivity contribution is 6.16. The second-order valence-corrected chi connectivity index (χ2v) is 9.11. The van der Waals surface area contributed by atoms with Gasteiger partial charge in [0.2, 0.25) is 0 Å². The van der Waals surface area contributed by atoms with E-state index in [9.17, 15) is 22.8 Å². The molecule has 0 saturated carbocycles. The number of nitrogens with zero attached hydrogens (tertiary/aromatic N) is 1. The molecule has 5 rings (SSSR count). The molecule has 0 radical (unpaired) electrons. The van der Waals surface area contributed by atoms with E-state index in [1.54, 1.807) is 24.3 Å². The summed E-state index contributed by atoms with van der Waals surface area (Å²) in [6.07, 6.45) is -4.37. The summed E-state index contributed by atoms with van der Waals surface area (Å²) in [5.74, 6) is -0.723. The minimum atomic E-state index is -4.64. The van der Waals surface area contributed by atoms with Crippen LogP contribution in [0, 0.1) is 6.92 Å². The Labute approximate surface area is 212 Å². The maximum absolute atomic E-state index is 13.5. The van der Waals surface area contributed by atoms with Gasteiger partial charge in [0.25, 0.3) is 0 Å². The quantitative estimate of drug-likeness (QED) is 0.224. The number of fused-ring (bicyclic) bond motifs is 3. The highest BCUT2D eigenvalue weighted by Crippen LogP contribution is 2.35. The highest BCUT2D eigenvalue weighted by Gasteiger charge is 2.35. The zero-order chi connectivity index (χ0) is 26.3. The molecule has 0 aliphatic rings. The number of rotatable bonds is 6. The molecule has 0 spiro atoms. The van der Waals surface area contributed by atoms with E-state index in [2.05, 4.69) is 4.57 Å². The molecule has 186 valence electrons. The van der Waals surface area contributed by atoms with Crippen LogP contribution in [0.1, 0.15) is 49.9 Å². The molecule has 3 nitrogen and oxygen atoms in total. The Bertz CT molecular complexity index is 1680. The third kappa shape index (κ3) is 4.44. The molecule has 0 bridgehead atoms. The van der Waals surface area contributed by atoms with Crippen molar-refractivity contribution >= 4 is 33.4 Å². The smallest absolute Gasteiger partial charge is 0.341 e. The Hall–Kier alpha value is -4.19. The van der Waals surface area contributed by atoms with Gasteiger partial charge in [0.1, 0.15) is 0 Å². The standard InChI is InChI=1S/C31H24F3NO2/c1-3-35-27-14-12-21(29(36)18-20-9-5-4-8-19(20)2)16-24(27)25-17-22(13-15-28(25)35)30(37)23-10-6-7-11-26(23)31(32,33)34/h4-17H,3,18H2,1-2H3. The molecule has 0 N–H and O–H groups in total. The highest BCUT2D eigenvalue weighted by atomic mass is 19.4. The van der Waals surface area contributed by atoms with Crippen molar-refractivity contribution in [1.82, 2.24) is 4.57 Å². The third-order valence-corrected chi connectivity index (χ3v) is 6.85. The number of ketones is 2. The molecule has 5 aromatic rings. The van der Waals surface area contributed by atoms with Gasteiger partial charge >= 0.3 is 6.18 Å². The van der Waals surface area contributed by atoms with Crippen LogP contribution in [0.5, 0.6) is 0 Å². The summed E-state index contributed by atoms with van der Waals surface area (Å²) in [6.45, 7) is 4.62. The first kappa shape index (κ1) is 24.5. The molecular formula is C31H24F3NO2. The van der Waals surface area contributed by atoms with E-state index in [1.807, 2.05) is 50.2 Å². The first-order valence-corrected chi connectivity index (χ1v) is 12.0.